The van der Waals surface area contributed by atoms with E-state index in [1.54, 1.807) is 0 Å². The van der Waals surface area contributed by atoms with E-state index >= 15 is 0 Å². The van der Waals surface area contributed by atoms with Crippen LogP contribution < -0.4 is 15.2 Å². The Morgan fingerprint density at radius 1 is 1.10 bits per heavy atom. The van der Waals surface area contributed by atoms with E-state index in [0.717, 1.165) is 12.8 Å². The molecule has 0 aromatic carbocycles. The van der Waals surface area contributed by atoms with Crippen molar-refractivity contribution in [1.82, 2.24) is 9.97 Å². The first-order valence-corrected chi connectivity index (χ1v) is 7.58. The molecule has 5 heteroatoms. The van der Waals surface area contributed by atoms with Gasteiger partial charge in [0.15, 0.2) is 5.69 Å². The standard InChI is InChI=1S/C15H27N3O2/c1-4-7-8-12(6-3)10-20-15-13(16)14(17-11-18-15)19-9-5-2/h11-12H,4-10,16H2,1-3H3. The lowest BCUT2D eigenvalue weighted by Crippen LogP contribution is -2.13. The van der Waals surface area contributed by atoms with E-state index in [-0.39, 0.29) is 0 Å². The summed E-state index contributed by atoms with van der Waals surface area (Å²) in [4.78, 5) is 8.13. The molecule has 1 heterocycles. The van der Waals surface area contributed by atoms with E-state index in [2.05, 4.69) is 23.8 Å². The van der Waals surface area contributed by atoms with Crippen LogP contribution in [0.1, 0.15) is 52.9 Å². The Morgan fingerprint density at radius 3 is 2.40 bits per heavy atom. The van der Waals surface area contributed by atoms with Crippen molar-refractivity contribution in [3.63, 3.8) is 0 Å². The first kappa shape index (κ1) is 16.5. The van der Waals surface area contributed by atoms with E-state index in [0.29, 0.717) is 36.6 Å². The Hall–Kier alpha value is -1.52. The number of unbranched alkanes of at least 4 members (excludes halogenated alkanes) is 1. The van der Waals surface area contributed by atoms with E-state index in [1.807, 2.05) is 6.92 Å². The molecule has 114 valence electrons. The van der Waals surface area contributed by atoms with Gasteiger partial charge in [-0.15, -0.1) is 0 Å². The summed E-state index contributed by atoms with van der Waals surface area (Å²) in [7, 11) is 0. The Morgan fingerprint density at radius 2 is 1.80 bits per heavy atom. The van der Waals surface area contributed by atoms with Crippen molar-refractivity contribution in [3.05, 3.63) is 6.33 Å². The highest BCUT2D eigenvalue weighted by Crippen LogP contribution is 2.27. The van der Waals surface area contributed by atoms with Gasteiger partial charge in [0, 0.05) is 0 Å². The molecule has 1 unspecified atom stereocenters. The third kappa shape index (κ3) is 5.23. The number of nitrogens with two attached hydrogens (primary N) is 1. The van der Waals surface area contributed by atoms with E-state index in [1.165, 1.54) is 25.6 Å². The van der Waals surface area contributed by atoms with Gasteiger partial charge < -0.3 is 15.2 Å². The second-order valence-corrected chi connectivity index (χ2v) is 4.97. The van der Waals surface area contributed by atoms with Crippen LogP contribution in [-0.4, -0.2) is 23.2 Å². The molecule has 0 spiro atoms. The molecule has 2 N–H and O–H groups in total. The minimum atomic E-state index is 0.395. The maximum Gasteiger partial charge on any atom is 0.244 e. The van der Waals surface area contributed by atoms with Crippen molar-refractivity contribution in [1.29, 1.82) is 0 Å². The van der Waals surface area contributed by atoms with Crippen LogP contribution in [0, 0.1) is 5.92 Å². The quantitative estimate of drug-likeness (QED) is 0.711. The highest BCUT2D eigenvalue weighted by atomic mass is 16.5. The largest absolute Gasteiger partial charge is 0.476 e. The number of rotatable bonds is 10. The maximum absolute atomic E-state index is 5.98. The summed E-state index contributed by atoms with van der Waals surface area (Å²) in [5, 5.41) is 0. The predicted octanol–water partition coefficient (Wildman–Crippen LogP) is 3.44. The molecule has 1 atom stereocenters. The van der Waals surface area contributed by atoms with E-state index < -0.39 is 0 Å². The van der Waals surface area contributed by atoms with Gasteiger partial charge in [0.25, 0.3) is 0 Å². The van der Waals surface area contributed by atoms with Gasteiger partial charge >= 0.3 is 0 Å². The number of nitrogen functional groups attached to an aromatic ring is 1. The predicted molar refractivity (Wildman–Crippen MR) is 81.0 cm³/mol. The number of anilines is 1. The summed E-state index contributed by atoms with van der Waals surface area (Å²) in [5.74, 6) is 1.39. The molecule has 20 heavy (non-hydrogen) atoms. The van der Waals surface area contributed by atoms with Gasteiger partial charge in [0.1, 0.15) is 6.33 Å². The molecule has 0 radical (unpaired) electrons. The van der Waals surface area contributed by atoms with Crippen LogP contribution in [0.5, 0.6) is 11.8 Å². The fourth-order valence-electron chi connectivity index (χ4n) is 1.89. The summed E-state index contributed by atoms with van der Waals surface area (Å²) >= 11 is 0. The minimum absolute atomic E-state index is 0.395. The molecule has 0 fully saturated rings. The Bertz CT molecular complexity index is 385. The van der Waals surface area contributed by atoms with Gasteiger partial charge in [0.2, 0.25) is 11.8 Å². The van der Waals surface area contributed by atoms with Crippen LogP contribution in [-0.2, 0) is 0 Å². The Balaban J connectivity index is 2.58. The van der Waals surface area contributed by atoms with Gasteiger partial charge in [-0.2, -0.15) is 9.97 Å². The molecule has 0 saturated heterocycles. The number of ether oxygens (including phenoxy) is 2. The second-order valence-electron chi connectivity index (χ2n) is 4.97. The lowest BCUT2D eigenvalue weighted by molar-refractivity contribution is 0.224. The van der Waals surface area contributed by atoms with Crippen LogP contribution in [0.25, 0.3) is 0 Å². The number of nitrogens with zero attached hydrogens (tertiary/aromatic N) is 2. The summed E-state index contributed by atoms with van der Waals surface area (Å²) in [6, 6.07) is 0. The van der Waals surface area contributed by atoms with Crippen molar-refractivity contribution in [2.24, 2.45) is 5.92 Å². The lowest BCUT2D eigenvalue weighted by Gasteiger charge is -2.16. The molecular weight excluding hydrogens is 254 g/mol. The van der Waals surface area contributed by atoms with Crippen LogP contribution in [0.15, 0.2) is 6.33 Å². The number of hydrogen-bond acceptors (Lipinski definition) is 5. The molecular formula is C15H27N3O2. The van der Waals surface area contributed by atoms with Crippen molar-refractivity contribution in [3.8, 4) is 11.8 Å². The average molecular weight is 281 g/mol. The average Bonchev–Trinajstić information content (AvgIpc) is 2.47. The fourth-order valence-corrected chi connectivity index (χ4v) is 1.89. The van der Waals surface area contributed by atoms with E-state index in [9.17, 15) is 0 Å². The summed E-state index contributed by atoms with van der Waals surface area (Å²) in [6.07, 6.45) is 7.06. The van der Waals surface area contributed by atoms with Gasteiger partial charge in [-0.1, -0.05) is 40.0 Å². The SMILES string of the molecule is CCCCC(CC)COc1ncnc(OCCC)c1N. The molecule has 1 aromatic rings. The first-order valence-electron chi connectivity index (χ1n) is 7.58. The highest BCUT2D eigenvalue weighted by molar-refractivity contribution is 5.55. The molecule has 0 aliphatic rings. The van der Waals surface area contributed by atoms with Crippen LogP contribution >= 0.6 is 0 Å². The Kier molecular flexibility index (Phi) is 7.77. The van der Waals surface area contributed by atoms with Crippen molar-refractivity contribution in [2.75, 3.05) is 18.9 Å². The molecule has 5 nitrogen and oxygen atoms in total. The smallest absolute Gasteiger partial charge is 0.244 e. The zero-order valence-electron chi connectivity index (χ0n) is 12.9. The lowest BCUT2D eigenvalue weighted by atomic mass is 10.0. The first-order chi connectivity index (χ1) is 9.72. The second kappa shape index (κ2) is 9.39. The Labute approximate surface area is 121 Å². The topological polar surface area (TPSA) is 70.3 Å². The molecule has 0 aliphatic heterocycles. The fraction of sp³-hybridized carbons (Fsp3) is 0.733. The third-order valence-corrected chi connectivity index (χ3v) is 3.25. The summed E-state index contributed by atoms with van der Waals surface area (Å²) in [6.45, 7) is 7.66. The number of aromatic nitrogens is 2. The summed E-state index contributed by atoms with van der Waals surface area (Å²) in [5.41, 5.74) is 6.37. The molecule has 0 amide bonds. The van der Waals surface area contributed by atoms with Gasteiger partial charge in [0.05, 0.1) is 13.2 Å². The monoisotopic (exact) mass is 281 g/mol. The van der Waals surface area contributed by atoms with Crippen molar-refractivity contribution in [2.45, 2.75) is 52.9 Å². The maximum atomic E-state index is 5.98. The summed E-state index contributed by atoms with van der Waals surface area (Å²) < 4.78 is 11.2. The number of hydrogen-bond donors (Lipinski definition) is 1. The zero-order valence-corrected chi connectivity index (χ0v) is 12.9. The van der Waals surface area contributed by atoms with Crippen molar-refractivity contribution < 1.29 is 9.47 Å². The van der Waals surface area contributed by atoms with Gasteiger partial charge in [-0.3, -0.25) is 0 Å². The van der Waals surface area contributed by atoms with Crippen LogP contribution in [0.4, 0.5) is 5.69 Å². The van der Waals surface area contributed by atoms with Crippen LogP contribution in [0.3, 0.4) is 0 Å². The molecule has 0 bridgehead atoms. The highest BCUT2D eigenvalue weighted by Gasteiger charge is 2.13. The van der Waals surface area contributed by atoms with Crippen LogP contribution in [0.2, 0.25) is 0 Å². The van der Waals surface area contributed by atoms with Crippen molar-refractivity contribution >= 4 is 5.69 Å². The molecule has 0 aliphatic carbocycles. The zero-order chi connectivity index (χ0) is 14.8. The third-order valence-electron chi connectivity index (χ3n) is 3.25. The molecule has 0 saturated carbocycles. The minimum Gasteiger partial charge on any atom is -0.476 e. The van der Waals surface area contributed by atoms with E-state index in [4.69, 9.17) is 15.2 Å². The van der Waals surface area contributed by atoms with Gasteiger partial charge in [-0.05, 0) is 18.8 Å². The normalized spacial score (nSPS) is 12.2. The molecule has 1 rings (SSSR count). The van der Waals surface area contributed by atoms with Gasteiger partial charge in [-0.25, -0.2) is 0 Å². The molecule has 1 aromatic heterocycles.